The Morgan fingerprint density at radius 3 is 2.47 bits per heavy atom. The molecule has 0 unspecified atom stereocenters. The molecule has 2 heterocycles. The first-order valence-electron chi connectivity index (χ1n) is 12.6. The fraction of sp³-hybridized carbons (Fsp3) is 0.500. The second kappa shape index (κ2) is 12.0. The SMILES string of the molecule is CNc1sc(C(=O)N2CCN(c3cccc(Cl)c3)CC2)c(C)c1C(=O)NCC(=O)NC1CCCCC1. The van der Waals surface area contributed by atoms with Gasteiger partial charge in [0.25, 0.3) is 11.8 Å². The maximum Gasteiger partial charge on any atom is 0.264 e. The van der Waals surface area contributed by atoms with Crippen LogP contribution in [0.1, 0.15) is 57.7 Å². The smallest absolute Gasteiger partial charge is 0.264 e. The van der Waals surface area contributed by atoms with Crippen LogP contribution in [0.4, 0.5) is 10.7 Å². The number of nitrogens with one attached hydrogen (secondary N) is 3. The number of rotatable bonds is 7. The van der Waals surface area contributed by atoms with Crippen molar-refractivity contribution in [3.8, 4) is 0 Å². The van der Waals surface area contributed by atoms with Crippen LogP contribution in [0.5, 0.6) is 0 Å². The zero-order chi connectivity index (χ0) is 25.7. The summed E-state index contributed by atoms with van der Waals surface area (Å²) < 4.78 is 0. The van der Waals surface area contributed by atoms with Crippen molar-refractivity contribution >= 4 is 51.3 Å². The molecule has 1 saturated carbocycles. The number of halogens is 1. The summed E-state index contributed by atoms with van der Waals surface area (Å²) in [6.45, 7) is 4.30. The summed E-state index contributed by atoms with van der Waals surface area (Å²) in [6, 6.07) is 7.92. The predicted octanol–water partition coefficient (Wildman–Crippen LogP) is 3.89. The summed E-state index contributed by atoms with van der Waals surface area (Å²) in [6.07, 6.45) is 5.46. The maximum absolute atomic E-state index is 13.4. The molecule has 10 heteroatoms. The Balaban J connectivity index is 1.37. The Morgan fingerprint density at radius 1 is 1.08 bits per heavy atom. The van der Waals surface area contributed by atoms with Gasteiger partial charge in [-0.25, -0.2) is 0 Å². The highest BCUT2D eigenvalue weighted by Crippen LogP contribution is 2.34. The number of hydrogen-bond donors (Lipinski definition) is 3. The molecule has 1 aliphatic carbocycles. The first kappa shape index (κ1) is 26.3. The van der Waals surface area contributed by atoms with Crippen LogP contribution in [0.25, 0.3) is 0 Å². The van der Waals surface area contributed by atoms with Crippen molar-refractivity contribution in [3.63, 3.8) is 0 Å². The van der Waals surface area contributed by atoms with E-state index in [2.05, 4.69) is 20.9 Å². The van der Waals surface area contributed by atoms with E-state index in [0.29, 0.717) is 52.2 Å². The average molecular weight is 532 g/mol. The van der Waals surface area contributed by atoms with Gasteiger partial charge in [-0.3, -0.25) is 14.4 Å². The molecule has 3 N–H and O–H groups in total. The zero-order valence-corrected chi connectivity index (χ0v) is 22.4. The van der Waals surface area contributed by atoms with E-state index in [0.717, 1.165) is 31.4 Å². The molecule has 0 radical (unpaired) electrons. The van der Waals surface area contributed by atoms with Crippen molar-refractivity contribution < 1.29 is 14.4 Å². The minimum Gasteiger partial charge on any atom is -0.379 e. The number of benzene rings is 1. The lowest BCUT2D eigenvalue weighted by atomic mass is 9.95. The van der Waals surface area contributed by atoms with Crippen LogP contribution >= 0.6 is 22.9 Å². The number of piperazine rings is 1. The van der Waals surface area contributed by atoms with Gasteiger partial charge in [-0.15, -0.1) is 11.3 Å². The molecule has 3 amide bonds. The monoisotopic (exact) mass is 531 g/mol. The normalized spacial score (nSPS) is 16.5. The standard InChI is InChI=1S/C26H34ClN5O3S/c1-17-22(24(34)29-16-21(33)30-19-8-4-3-5-9-19)25(28-2)36-23(17)26(35)32-13-11-31(12-14-32)20-10-6-7-18(27)15-20/h6-7,10,15,19,28H,3-5,8-9,11-14,16H2,1-2H3,(H,29,34)(H,30,33). The molecule has 1 aromatic heterocycles. The van der Waals surface area contributed by atoms with Gasteiger partial charge in [-0.1, -0.05) is 36.9 Å². The molecule has 0 atom stereocenters. The number of thiophene rings is 1. The highest BCUT2D eigenvalue weighted by atomic mass is 35.5. The first-order valence-corrected chi connectivity index (χ1v) is 13.7. The van der Waals surface area contributed by atoms with Crippen molar-refractivity contribution in [2.45, 2.75) is 45.1 Å². The van der Waals surface area contributed by atoms with Crippen molar-refractivity contribution in [1.82, 2.24) is 15.5 Å². The summed E-state index contributed by atoms with van der Waals surface area (Å²) >= 11 is 7.41. The van der Waals surface area contributed by atoms with E-state index in [1.54, 1.807) is 14.0 Å². The number of amides is 3. The molecular formula is C26H34ClN5O3S. The molecule has 0 spiro atoms. The summed E-state index contributed by atoms with van der Waals surface area (Å²) in [5.41, 5.74) is 2.11. The Bertz CT molecular complexity index is 1110. The van der Waals surface area contributed by atoms with Gasteiger partial charge in [0, 0.05) is 50.0 Å². The third-order valence-corrected chi connectivity index (χ3v) is 8.45. The van der Waals surface area contributed by atoms with Crippen LogP contribution in [0.2, 0.25) is 5.02 Å². The lowest BCUT2D eigenvalue weighted by Crippen LogP contribution is -2.48. The van der Waals surface area contributed by atoms with Gasteiger partial charge in [0.15, 0.2) is 0 Å². The third kappa shape index (κ3) is 6.13. The fourth-order valence-corrected chi connectivity index (χ4v) is 6.24. The Kier molecular flexibility index (Phi) is 8.74. The van der Waals surface area contributed by atoms with Crippen molar-refractivity contribution in [2.75, 3.05) is 50.0 Å². The van der Waals surface area contributed by atoms with Gasteiger partial charge in [0.1, 0.15) is 5.00 Å². The van der Waals surface area contributed by atoms with Crippen molar-refractivity contribution in [3.05, 3.63) is 45.3 Å². The van der Waals surface area contributed by atoms with E-state index in [-0.39, 0.29) is 30.3 Å². The van der Waals surface area contributed by atoms with E-state index in [1.807, 2.05) is 29.2 Å². The molecule has 0 bridgehead atoms. The number of nitrogens with zero attached hydrogens (tertiary/aromatic N) is 2. The molecular weight excluding hydrogens is 498 g/mol. The van der Waals surface area contributed by atoms with Gasteiger partial charge < -0.3 is 25.8 Å². The lowest BCUT2D eigenvalue weighted by molar-refractivity contribution is -0.121. The third-order valence-electron chi connectivity index (χ3n) is 6.92. The molecule has 4 rings (SSSR count). The molecule has 2 aliphatic rings. The Labute approximate surface area is 221 Å². The second-order valence-corrected chi connectivity index (χ2v) is 10.8. The molecule has 1 saturated heterocycles. The quantitative estimate of drug-likeness (QED) is 0.504. The van der Waals surface area contributed by atoms with Gasteiger partial charge in [-0.2, -0.15) is 0 Å². The topological polar surface area (TPSA) is 93.8 Å². The lowest BCUT2D eigenvalue weighted by Gasteiger charge is -2.36. The van der Waals surface area contributed by atoms with E-state index >= 15 is 0 Å². The van der Waals surface area contributed by atoms with E-state index < -0.39 is 0 Å². The fourth-order valence-electron chi connectivity index (χ4n) is 4.93. The number of carbonyl (C=O) groups is 3. The minimum absolute atomic E-state index is 0.0752. The van der Waals surface area contributed by atoms with Crippen LogP contribution in [-0.2, 0) is 4.79 Å². The van der Waals surface area contributed by atoms with E-state index in [1.165, 1.54) is 17.8 Å². The number of hydrogen-bond acceptors (Lipinski definition) is 6. The number of anilines is 2. The highest BCUT2D eigenvalue weighted by molar-refractivity contribution is 7.18. The van der Waals surface area contributed by atoms with Gasteiger partial charge in [0.05, 0.1) is 17.0 Å². The Morgan fingerprint density at radius 2 is 1.81 bits per heavy atom. The zero-order valence-electron chi connectivity index (χ0n) is 20.9. The van der Waals surface area contributed by atoms with Crippen LogP contribution in [0.3, 0.4) is 0 Å². The van der Waals surface area contributed by atoms with E-state index in [4.69, 9.17) is 11.6 Å². The summed E-state index contributed by atoms with van der Waals surface area (Å²) in [4.78, 5) is 43.3. The predicted molar refractivity (Wildman–Crippen MR) is 146 cm³/mol. The molecule has 8 nitrogen and oxygen atoms in total. The highest BCUT2D eigenvalue weighted by Gasteiger charge is 2.29. The minimum atomic E-state index is -0.350. The van der Waals surface area contributed by atoms with E-state index in [9.17, 15) is 14.4 Å². The molecule has 2 aromatic rings. The summed E-state index contributed by atoms with van der Waals surface area (Å²) in [7, 11) is 1.73. The second-order valence-electron chi connectivity index (χ2n) is 9.35. The van der Waals surface area contributed by atoms with Gasteiger partial charge in [0.2, 0.25) is 5.91 Å². The first-order chi connectivity index (χ1) is 17.4. The summed E-state index contributed by atoms with van der Waals surface area (Å²) in [5.74, 6) is -0.603. The molecule has 36 heavy (non-hydrogen) atoms. The number of carbonyl (C=O) groups excluding carboxylic acids is 3. The largest absolute Gasteiger partial charge is 0.379 e. The molecule has 1 aromatic carbocycles. The maximum atomic E-state index is 13.4. The average Bonchev–Trinajstić information content (AvgIpc) is 3.23. The summed E-state index contributed by atoms with van der Waals surface area (Å²) in [5, 5.41) is 10.1. The van der Waals surface area contributed by atoms with Crippen molar-refractivity contribution in [1.29, 1.82) is 0 Å². The molecule has 194 valence electrons. The van der Waals surface area contributed by atoms with Crippen LogP contribution in [0.15, 0.2) is 24.3 Å². The van der Waals surface area contributed by atoms with Crippen molar-refractivity contribution in [2.24, 2.45) is 0 Å². The van der Waals surface area contributed by atoms with Crippen LogP contribution in [0, 0.1) is 6.92 Å². The van der Waals surface area contributed by atoms with Gasteiger partial charge in [-0.05, 0) is 43.5 Å². The molecule has 1 aliphatic heterocycles. The molecule has 2 fully saturated rings. The van der Waals surface area contributed by atoms with Crippen LogP contribution < -0.4 is 20.9 Å². The van der Waals surface area contributed by atoms with Gasteiger partial charge >= 0.3 is 0 Å². The Hall–Kier alpha value is -2.78. The van der Waals surface area contributed by atoms with Crippen LogP contribution in [-0.4, -0.2) is 68.4 Å².